The summed E-state index contributed by atoms with van der Waals surface area (Å²) >= 11 is 3.32. The lowest BCUT2D eigenvalue weighted by Crippen LogP contribution is -2.24. The minimum Gasteiger partial charge on any atom is -0.361 e. The molecule has 0 atom stereocenters. The van der Waals surface area contributed by atoms with Gasteiger partial charge in [0.1, 0.15) is 10.4 Å². The van der Waals surface area contributed by atoms with Gasteiger partial charge < -0.3 is 4.90 Å². The number of nitrogens with zero attached hydrogens (tertiary/aromatic N) is 3. The van der Waals surface area contributed by atoms with Gasteiger partial charge in [-0.2, -0.15) is 0 Å². The van der Waals surface area contributed by atoms with Gasteiger partial charge in [-0.3, -0.25) is 4.99 Å². The third kappa shape index (κ3) is 2.12. The second-order valence-corrected chi connectivity index (χ2v) is 4.20. The Morgan fingerprint density at radius 1 is 1.50 bits per heavy atom. The Kier molecular flexibility index (Phi) is 2.82. The van der Waals surface area contributed by atoms with Gasteiger partial charge in [-0.15, -0.1) is 0 Å². The maximum absolute atomic E-state index is 4.44. The lowest BCUT2D eigenvalue weighted by atomic mass is 10.2. The van der Waals surface area contributed by atoms with Crippen molar-refractivity contribution in [3.05, 3.63) is 28.5 Å². The third-order valence-electron chi connectivity index (χ3n) is 2.32. The van der Waals surface area contributed by atoms with Gasteiger partial charge in [-0.25, -0.2) is 4.98 Å². The van der Waals surface area contributed by atoms with Crippen LogP contribution in [0.3, 0.4) is 0 Å². The average molecular weight is 254 g/mol. The predicted octanol–water partition coefficient (Wildman–Crippen LogP) is 1.73. The van der Waals surface area contributed by atoms with Crippen molar-refractivity contribution in [2.45, 2.75) is 6.42 Å². The van der Waals surface area contributed by atoms with Crippen LogP contribution in [-0.2, 0) is 6.42 Å². The molecule has 0 fully saturated rings. The zero-order valence-corrected chi connectivity index (χ0v) is 9.66. The van der Waals surface area contributed by atoms with E-state index in [1.54, 1.807) is 0 Å². The molecule has 1 aliphatic rings. The van der Waals surface area contributed by atoms with Gasteiger partial charge in [0.05, 0.1) is 6.54 Å². The monoisotopic (exact) mass is 253 g/mol. The van der Waals surface area contributed by atoms with Crippen molar-refractivity contribution in [2.24, 2.45) is 4.99 Å². The van der Waals surface area contributed by atoms with Crippen molar-refractivity contribution >= 4 is 21.8 Å². The van der Waals surface area contributed by atoms with Gasteiger partial charge in [0.2, 0.25) is 0 Å². The average Bonchev–Trinajstić information content (AvgIpc) is 2.56. The molecule has 0 amide bonds. The van der Waals surface area contributed by atoms with Crippen molar-refractivity contribution in [2.75, 3.05) is 20.1 Å². The molecule has 0 radical (unpaired) electrons. The van der Waals surface area contributed by atoms with E-state index in [0.717, 1.165) is 29.9 Å². The first-order valence-corrected chi connectivity index (χ1v) is 5.40. The van der Waals surface area contributed by atoms with Crippen molar-refractivity contribution < 1.29 is 0 Å². The predicted molar refractivity (Wildman–Crippen MR) is 60.6 cm³/mol. The van der Waals surface area contributed by atoms with Crippen LogP contribution in [0.25, 0.3) is 0 Å². The zero-order valence-electron chi connectivity index (χ0n) is 8.07. The van der Waals surface area contributed by atoms with Crippen LogP contribution in [0.4, 0.5) is 0 Å². The van der Waals surface area contributed by atoms with Crippen LogP contribution in [0.2, 0.25) is 0 Å². The van der Waals surface area contributed by atoms with E-state index in [-0.39, 0.29) is 0 Å². The molecule has 0 unspecified atom stereocenters. The minimum absolute atomic E-state index is 0.878. The molecular formula is C10H12BrN3. The van der Waals surface area contributed by atoms with Crippen molar-refractivity contribution in [3.8, 4) is 0 Å². The van der Waals surface area contributed by atoms with E-state index in [0.29, 0.717) is 0 Å². The van der Waals surface area contributed by atoms with Crippen LogP contribution < -0.4 is 0 Å². The highest BCUT2D eigenvalue weighted by Crippen LogP contribution is 2.09. The van der Waals surface area contributed by atoms with Crippen molar-refractivity contribution in [3.63, 3.8) is 0 Å². The molecule has 0 aliphatic carbocycles. The molecule has 1 aromatic rings. The molecule has 3 nitrogen and oxygen atoms in total. The Labute approximate surface area is 92.0 Å². The van der Waals surface area contributed by atoms with Crippen LogP contribution in [-0.4, -0.2) is 35.9 Å². The standard InChI is InChI=1S/C10H12BrN3/c1-14-5-4-12-10(14)6-8-2-3-9(11)13-7-8/h2-3,7H,4-6H2,1H3. The molecular weight excluding hydrogens is 242 g/mol. The number of halogens is 1. The molecule has 0 spiro atoms. The number of hydrogen-bond donors (Lipinski definition) is 0. The van der Waals surface area contributed by atoms with Crippen LogP contribution in [0.5, 0.6) is 0 Å². The molecule has 2 heterocycles. The molecule has 0 bridgehead atoms. The summed E-state index contributed by atoms with van der Waals surface area (Å²) in [5.41, 5.74) is 1.21. The number of aromatic nitrogens is 1. The SMILES string of the molecule is CN1CCN=C1Cc1ccc(Br)nc1. The summed E-state index contributed by atoms with van der Waals surface area (Å²) in [5.74, 6) is 1.16. The summed E-state index contributed by atoms with van der Waals surface area (Å²) < 4.78 is 0.878. The molecule has 74 valence electrons. The number of likely N-dealkylation sites (N-methyl/N-ethyl adjacent to an activating group) is 1. The Bertz CT molecular complexity index is 345. The molecule has 0 saturated heterocycles. The maximum atomic E-state index is 4.44. The number of pyridine rings is 1. The fraction of sp³-hybridized carbons (Fsp3) is 0.400. The number of amidine groups is 1. The highest BCUT2D eigenvalue weighted by Gasteiger charge is 2.12. The first-order chi connectivity index (χ1) is 6.75. The largest absolute Gasteiger partial charge is 0.361 e. The summed E-state index contributed by atoms with van der Waals surface area (Å²) in [6.07, 6.45) is 2.77. The highest BCUT2D eigenvalue weighted by molar-refractivity contribution is 9.10. The van der Waals surface area contributed by atoms with Crippen LogP contribution in [0, 0.1) is 0 Å². The van der Waals surface area contributed by atoms with Crippen molar-refractivity contribution in [1.82, 2.24) is 9.88 Å². The summed E-state index contributed by atoms with van der Waals surface area (Å²) in [6, 6.07) is 4.04. The van der Waals surface area contributed by atoms with Gasteiger partial charge in [-0.1, -0.05) is 6.07 Å². The quantitative estimate of drug-likeness (QED) is 0.752. The molecule has 0 aromatic carbocycles. The molecule has 1 aromatic heterocycles. The topological polar surface area (TPSA) is 28.5 Å². The Morgan fingerprint density at radius 2 is 2.36 bits per heavy atom. The van der Waals surface area contributed by atoms with Crippen LogP contribution >= 0.6 is 15.9 Å². The molecule has 1 aliphatic heterocycles. The molecule has 0 saturated carbocycles. The zero-order chi connectivity index (χ0) is 9.97. The van der Waals surface area contributed by atoms with Crippen LogP contribution in [0.1, 0.15) is 5.56 Å². The molecule has 4 heteroatoms. The van der Waals surface area contributed by atoms with Crippen molar-refractivity contribution in [1.29, 1.82) is 0 Å². The smallest absolute Gasteiger partial charge is 0.106 e. The highest BCUT2D eigenvalue weighted by atomic mass is 79.9. The van der Waals surface area contributed by atoms with E-state index < -0.39 is 0 Å². The van der Waals surface area contributed by atoms with E-state index in [1.807, 2.05) is 12.3 Å². The fourth-order valence-electron chi connectivity index (χ4n) is 1.46. The summed E-state index contributed by atoms with van der Waals surface area (Å²) in [4.78, 5) is 10.8. The first kappa shape index (κ1) is 9.65. The summed E-state index contributed by atoms with van der Waals surface area (Å²) in [6.45, 7) is 1.97. The van der Waals surface area contributed by atoms with Gasteiger partial charge >= 0.3 is 0 Å². The summed E-state index contributed by atoms with van der Waals surface area (Å²) in [5, 5.41) is 0. The number of aliphatic imine (C=N–C) groups is 1. The first-order valence-electron chi connectivity index (χ1n) is 4.60. The van der Waals surface area contributed by atoms with E-state index in [9.17, 15) is 0 Å². The Morgan fingerprint density at radius 3 is 2.93 bits per heavy atom. The second-order valence-electron chi connectivity index (χ2n) is 3.39. The van der Waals surface area contributed by atoms with E-state index in [1.165, 1.54) is 5.56 Å². The van der Waals surface area contributed by atoms with Gasteiger partial charge in [0.25, 0.3) is 0 Å². The number of hydrogen-bond acceptors (Lipinski definition) is 3. The second kappa shape index (κ2) is 4.09. The summed E-state index contributed by atoms with van der Waals surface area (Å²) in [7, 11) is 2.08. The fourth-order valence-corrected chi connectivity index (χ4v) is 1.70. The lowest BCUT2D eigenvalue weighted by molar-refractivity contribution is 0.548. The maximum Gasteiger partial charge on any atom is 0.106 e. The third-order valence-corrected chi connectivity index (χ3v) is 2.79. The van der Waals surface area contributed by atoms with E-state index in [2.05, 4.69) is 43.9 Å². The van der Waals surface area contributed by atoms with Gasteiger partial charge in [0, 0.05) is 26.2 Å². The van der Waals surface area contributed by atoms with Gasteiger partial charge in [-0.05, 0) is 27.6 Å². The molecule has 0 N–H and O–H groups in total. The number of rotatable bonds is 2. The lowest BCUT2D eigenvalue weighted by Gasteiger charge is -2.13. The van der Waals surface area contributed by atoms with Crippen LogP contribution in [0.15, 0.2) is 27.9 Å². The van der Waals surface area contributed by atoms with E-state index >= 15 is 0 Å². The molecule has 14 heavy (non-hydrogen) atoms. The molecule has 2 rings (SSSR count). The Balaban J connectivity index is 2.07. The normalized spacial score (nSPS) is 15.9. The Hall–Kier alpha value is -0.900. The van der Waals surface area contributed by atoms with Gasteiger partial charge in [0.15, 0.2) is 0 Å². The minimum atomic E-state index is 0.878. The van der Waals surface area contributed by atoms with E-state index in [4.69, 9.17) is 0 Å².